The lowest BCUT2D eigenvalue weighted by Crippen LogP contribution is -2.17. The fraction of sp³-hybridized carbons (Fsp3) is 0.312. The van der Waals surface area contributed by atoms with Crippen LogP contribution in [0.15, 0.2) is 29.4 Å². The second kappa shape index (κ2) is 7.16. The van der Waals surface area contributed by atoms with E-state index in [1.165, 1.54) is 22.0 Å². The number of hydrogen-bond donors (Lipinski definition) is 2. The molecule has 0 amide bonds. The minimum atomic E-state index is -0.128. The van der Waals surface area contributed by atoms with Crippen molar-refractivity contribution in [3.8, 4) is 11.4 Å². The molecule has 136 valence electrons. The largest absolute Gasteiger partial charge is 0.368 e. The molecule has 0 bridgehead atoms. The molecule has 3 rings (SSSR count). The number of hydrogen-bond acceptors (Lipinski definition) is 9. The molecule has 0 aliphatic heterocycles. The van der Waals surface area contributed by atoms with E-state index in [0.717, 1.165) is 5.56 Å². The van der Waals surface area contributed by atoms with E-state index < -0.39 is 0 Å². The quantitative estimate of drug-likeness (QED) is 0.508. The van der Waals surface area contributed by atoms with Gasteiger partial charge in [-0.05, 0) is 13.8 Å². The zero-order valence-electron chi connectivity index (χ0n) is 15.1. The molecule has 0 aliphatic rings. The highest BCUT2D eigenvalue weighted by atomic mass is 32.2. The van der Waals surface area contributed by atoms with E-state index in [1.807, 2.05) is 52.2 Å². The summed E-state index contributed by atoms with van der Waals surface area (Å²) in [5, 5.41) is 8.84. The Bertz CT molecular complexity index is 905. The van der Waals surface area contributed by atoms with Gasteiger partial charge in [-0.25, -0.2) is 4.68 Å². The molecule has 0 saturated heterocycles. The van der Waals surface area contributed by atoms with Crippen LogP contribution in [-0.4, -0.2) is 43.9 Å². The van der Waals surface area contributed by atoms with Gasteiger partial charge in [-0.2, -0.15) is 15.0 Å². The first-order chi connectivity index (χ1) is 12.3. The van der Waals surface area contributed by atoms with Crippen molar-refractivity contribution in [2.75, 3.05) is 30.6 Å². The molecule has 2 aromatic heterocycles. The number of nitrogens with two attached hydrogens (primary N) is 2. The zero-order valence-corrected chi connectivity index (χ0v) is 15.9. The number of anilines is 2. The number of nitrogen functional groups attached to an aromatic ring is 2. The Hall–Kier alpha value is -2.88. The van der Waals surface area contributed by atoms with Crippen LogP contribution in [0.3, 0.4) is 0 Å². The second-order valence-corrected chi connectivity index (χ2v) is 7.36. The van der Waals surface area contributed by atoms with Gasteiger partial charge in [0, 0.05) is 19.7 Å². The third-order valence-corrected chi connectivity index (χ3v) is 4.73. The summed E-state index contributed by atoms with van der Waals surface area (Å²) in [6.07, 6.45) is 0. The van der Waals surface area contributed by atoms with Crippen LogP contribution in [0, 0.1) is 6.92 Å². The highest BCUT2D eigenvalue weighted by molar-refractivity contribution is 7.99. The van der Waals surface area contributed by atoms with Crippen LogP contribution in [-0.2, 0) is 0 Å². The van der Waals surface area contributed by atoms with Crippen LogP contribution in [0.2, 0.25) is 0 Å². The zero-order chi connectivity index (χ0) is 18.8. The highest BCUT2D eigenvalue weighted by Crippen LogP contribution is 2.33. The lowest BCUT2D eigenvalue weighted by atomic mass is 10.1. The molecule has 0 fully saturated rings. The fourth-order valence-electron chi connectivity index (χ4n) is 2.25. The Morgan fingerprint density at radius 3 is 2.42 bits per heavy atom. The summed E-state index contributed by atoms with van der Waals surface area (Å²) in [6, 6.07) is 7.96. The third kappa shape index (κ3) is 3.69. The Morgan fingerprint density at radius 1 is 1.08 bits per heavy atom. The maximum Gasteiger partial charge on any atom is 0.229 e. The molecular weight excluding hydrogens is 350 g/mol. The molecule has 0 spiro atoms. The van der Waals surface area contributed by atoms with Gasteiger partial charge in [-0.3, -0.25) is 0 Å². The molecule has 0 saturated carbocycles. The average Bonchev–Trinajstić information content (AvgIpc) is 2.95. The monoisotopic (exact) mass is 371 g/mol. The lowest BCUT2D eigenvalue weighted by molar-refractivity contribution is 0.826. The van der Waals surface area contributed by atoms with Crippen molar-refractivity contribution < 1.29 is 0 Å². The van der Waals surface area contributed by atoms with Gasteiger partial charge in [0.15, 0.2) is 5.82 Å². The smallest absolute Gasteiger partial charge is 0.229 e. The summed E-state index contributed by atoms with van der Waals surface area (Å²) in [4.78, 5) is 14.5. The van der Waals surface area contributed by atoms with E-state index in [1.54, 1.807) is 4.90 Å². The van der Waals surface area contributed by atoms with Crippen LogP contribution in [0.5, 0.6) is 0 Å². The van der Waals surface area contributed by atoms with Gasteiger partial charge in [-0.15, -0.1) is 10.2 Å². The average molecular weight is 371 g/mol. The second-order valence-electron chi connectivity index (χ2n) is 6.05. The third-order valence-electron chi connectivity index (χ3n) is 3.68. The summed E-state index contributed by atoms with van der Waals surface area (Å²) in [7, 11) is 3.70. The normalized spacial score (nSPS) is 12.2. The number of nitrogens with zero attached hydrogens (tertiary/aromatic N) is 7. The van der Waals surface area contributed by atoms with E-state index in [9.17, 15) is 0 Å². The van der Waals surface area contributed by atoms with E-state index >= 15 is 0 Å². The van der Waals surface area contributed by atoms with Crippen molar-refractivity contribution in [3.63, 3.8) is 0 Å². The number of rotatable bonds is 5. The Morgan fingerprint density at radius 2 is 1.77 bits per heavy atom. The van der Waals surface area contributed by atoms with E-state index in [0.29, 0.717) is 22.8 Å². The number of benzene rings is 1. The van der Waals surface area contributed by atoms with Crippen LogP contribution < -0.4 is 16.5 Å². The van der Waals surface area contributed by atoms with Crippen molar-refractivity contribution >= 4 is 23.7 Å². The summed E-state index contributed by atoms with van der Waals surface area (Å²) in [6.45, 7) is 3.99. The molecule has 4 N–H and O–H groups in total. The van der Waals surface area contributed by atoms with Gasteiger partial charge in [0.05, 0.1) is 5.25 Å². The molecular formula is C16H21N9S. The Labute approximate surface area is 155 Å². The minimum Gasteiger partial charge on any atom is -0.368 e. The first kappa shape index (κ1) is 17.9. The molecule has 1 aromatic carbocycles. The predicted molar refractivity (Wildman–Crippen MR) is 103 cm³/mol. The lowest BCUT2D eigenvalue weighted by Gasteiger charge is -2.14. The molecule has 2 heterocycles. The fourth-order valence-corrected chi connectivity index (χ4v) is 3.06. The summed E-state index contributed by atoms with van der Waals surface area (Å²) in [5.74, 6) is 8.04. The van der Waals surface area contributed by atoms with Gasteiger partial charge in [0.25, 0.3) is 0 Å². The van der Waals surface area contributed by atoms with E-state index in [-0.39, 0.29) is 11.2 Å². The molecule has 0 radical (unpaired) electrons. The maximum absolute atomic E-state index is 6.19. The highest BCUT2D eigenvalue weighted by Gasteiger charge is 2.19. The van der Waals surface area contributed by atoms with Crippen molar-refractivity contribution in [1.82, 2.24) is 29.8 Å². The van der Waals surface area contributed by atoms with Gasteiger partial charge in [0.1, 0.15) is 5.82 Å². The summed E-state index contributed by atoms with van der Waals surface area (Å²) < 4.78 is 1.48. The molecule has 3 aromatic rings. The van der Waals surface area contributed by atoms with Crippen LogP contribution in [0.1, 0.15) is 23.6 Å². The SMILES string of the molecule is Cc1ccc(-c2nnc(SC(C)c3nc(N)nc(N(C)C)n3)n2N)cc1. The molecule has 1 atom stereocenters. The van der Waals surface area contributed by atoms with E-state index in [4.69, 9.17) is 11.6 Å². The number of thioether (sulfide) groups is 1. The minimum absolute atomic E-state index is 0.128. The van der Waals surface area contributed by atoms with Crippen LogP contribution in [0.4, 0.5) is 11.9 Å². The summed E-state index contributed by atoms with van der Waals surface area (Å²) >= 11 is 1.41. The number of aryl methyl sites for hydroxylation is 1. The Kier molecular flexibility index (Phi) is 4.94. The standard InChI is InChI=1S/C16H21N9S/c1-9-5-7-11(8-6-9)13-22-23-16(25(13)18)26-10(2)12-19-14(17)21-15(20-12)24(3)4/h5-8,10H,18H2,1-4H3,(H2,17,19,20,21). The van der Waals surface area contributed by atoms with Crippen molar-refractivity contribution in [2.45, 2.75) is 24.3 Å². The molecule has 10 heteroatoms. The molecule has 9 nitrogen and oxygen atoms in total. The van der Waals surface area contributed by atoms with Crippen molar-refractivity contribution in [2.24, 2.45) is 0 Å². The summed E-state index contributed by atoms with van der Waals surface area (Å²) in [5.41, 5.74) is 7.87. The van der Waals surface area contributed by atoms with Gasteiger partial charge in [0.2, 0.25) is 17.1 Å². The van der Waals surface area contributed by atoms with Crippen molar-refractivity contribution in [1.29, 1.82) is 0 Å². The number of aromatic nitrogens is 6. The Balaban J connectivity index is 1.84. The van der Waals surface area contributed by atoms with Gasteiger partial charge in [-0.1, -0.05) is 41.6 Å². The van der Waals surface area contributed by atoms with E-state index in [2.05, 4.69) is 25.1 Å². The maximum atomic E-state index is 6.19. The molecule has 1 unspecified atom stereocenters. The molecule has 26 heavy (non-hydrogen) atoms. The predicted octanol–water partition coefficient (Wildman–Crippen LogP) is 1.65. The topological polar surface area (TPSA) is 125 Å². The van der Waals surface area contributed by atoms with Crippen LogP contribution in [0.25, 0.3) is 11.4 Å². The first-order valence-electron chi connectivity index (χ1n) is 7.98. The van der Waals surface area contributed by atoms with Crippen molar-refractivity contribution in [3.05, 3.63) is 35.7 Å². The van der Waals surface area contributed by atoms with Gasteiger partial charge >= 0.3 is 0 Å². The van der Waals surface area contributed by atoms with Crippen LogP contribution >= 0.6 is 11.8 Å². The molecule has 0 aliphatic carbocycles. The van der Waals surface area contributed by atoms with Gasteiger partial charge < -0.3 is 16.5 Å². The first-order valence-corrected chi connectivity index (χ1v) is 8.86.